The number of amides is 1. The van der Waals surface area contributed by atoms with Crippen molar-refractivity contribution in [1.29, 1.82) is 0 Å². The number of carbonyl (C=O) groups is 1. The number of nitrogens with one attached hydrogen (secondary N) is 1. The van der Waals surface area contributed by atoms with Gasteiger partial charge in [0.05, 0.1) is 25.0 Å². The molecule has 1 N–H and O–H groups in total. The van der Waals surface area contributed by atoms with E-state index in [1.54, 1.807) is 24.1 Å². The van der Waals surface area contributed by atoms with Gasteiger partial charge in [-0.05, 0) is 5.56 Å². The number of hydrogen-bond acceptors (Lipinski definition) is 5. The largest absolute Gasteiger partial charge is 0.306 e. The number of benzene rings is 1. The van der Waals surface area contributed by atoms with E-state index in [0.29, 0.717) is 15.7 Å². The van der Waals surface area contributed by atoms with Gasteiger partial charge in [-0.2, -0.15) is 5.10 Å². The first-order valence-corrected chi connectivity index (χ1v) is 7.31. The fraction of sp³-hybridized carbons (Fsp3) is 0.200. The van der Waals surface area contributed by atoms with Crippen LogP contribution in [0.4, 0.5) is 0 Å². The molecule has 2 aromatic heterocycles. The van der Waals surface area contributed by atoms with Gasteiger partial charge in [0.15, 0.2) is 5.65 Å². The van der Waals surface area contributed by atoms with Crippen molar-refractivity contribution >= 4 is 29.2 Å². The molecule has 2 heterocycles. The molecule has 1 aromatic carbocycles. The first-order valence-electron chi connectivity index (χ1n) is 6.90. The highest BCUT2D eigenvalue weighted by Crippen LogP contribution is 2.23. The fourth-order valence-corrected chi connectivity index (χ4v) is 2.65. The van der Waals surface area contributed by atoms with E-state index in [2.05, 4.69) is 15.2 Å². The maximum absolute atomic E-state index is 12.8. The van der Waals surface area contributed by atoms with Crippen LogP contribution in [0.2, 0.25) is 0 Å². The van der Waals surface area contributed by atoms with Crippen LogP contribution >= 0.6 is 12.2 Å². The Kier molecular flexibility index (Phi) is 4.18. The number of nitrogens with zero attached hydrogens (tertiary/aromatic N) is 4. The van der Waals surface area contributed by atoms with Gasteiger partial charge in [0.25, 0.3) is 5.91 Å². The van der Waals surface area contributed by atoms with E-state index in [1.807, 2.05) is 30.3 Å². The second-order valence-electron chi connectivity index (χ2n) is 4.92. The highest BCUT2D eigenvalue weighted by Gasteiger charge is 2.26. The van der Waals surface area contributed by atoms with Crippen LogP contribution in [0, 0.1) is 4.64 Å². The third-order valence-corrected chi connectivity index (χ3v) is 4.04. The summed E-state index contributed by atoms with van der Waals surface area (Å²) in [6.45, 7) is 0. The van der Waals surface area contributed by atoms with Gasteiger partial charge in [-0.25, -0.2) is 10.0 Å². The van der Waals surface area contributed by atoms with Crippen LogP contribution in [0.3, 0.4) is 0 Å². The molecule has 0 saturated carbocycles. The van der Waals surface area contributed by atoms with E-state index in [0.717, 1.165) is 5.56 Å². The zero-order valence-corrected chi connectivity index (χ0v) is 13.4. The molecule has 1 atom stereocenters. The highest BCUT2D eigenvalue weighted by molar-refractivity contribution is 7.71. The molecular formula is C15H15N5O2S. The third kappa shape index (κ3) is 2.73. The van der Waals surface area contributed by atoms with Crippen molar-refractivity contribution in [2.75, 3.05) is 14.2 Å². The Balaban J connectivity index is 2.19. The minimum Gasteiger partial charge on any atom is -0.306 e. The summed E-state index contributed by atoms with van der Waals surface area (Å²) in [5.74, 6) is -0.251. The number of hydrogen-bond donors (Lipinski definition) is 1. The van der Waals surface area contributed by atoms with Gasteiger partial charge in [0.1, 0.15) is 10.7 Å². The Hall–Kier alpha value is -2.58. The predicted octanol–water partition coefficient (Wildman–Crippen LogP) is 2.10. The smallest absolute Gasteiger partial charge is 0.273 e. The van der Waals surface area contributed by atoms with Crippen molar-refractivity contribution in [3.8, 4) is 0 Å². The Labute approximate surface area is 137 Å². The third-order valence-electron chi connectivity index (χ3n) is 3.61. The molecule has 0 radical (unpaired) electrons. The number of aromatic nitrogens is 4. The topological polar surface area (TPSA) is 76.0 Å². The Morgan fingerprint density at radius 1 is 1.39 bits per heavy atom. The van der Waals surface area contributed by atoms with Crippen molar-refractivity contribution in [3.63, 3.8) is 0 Å². The number of aromatic amines is 1. The normalized spacial score (nSPS) is 12.3. The lowest BCUT2D eigenvalue weighted by Crippen LogP contribution is -2.34. The Morgan fingerprint density at radius 3 is 2.83 bits per heavy atom. The van der Waals surface area contributed by atoms with Crippen molar-refractivity contribution < 1.29 is 9.63 Å². The van der Waals surface area contributed by atoms with Gasteiger partial charge in [-0.15, -0.1) is 0 Å². The van der Waals surface area contributed by atoms with Gasteiger partial charge < -0.3 is 4.57 Å². The molecule has 0 aliphatic rings. The van der Waals surface area contributed by atoms with Crippen molar-refractivity contribution in [2.45, 2.75) is 6.04 Å². The monoisotopic (exact) mass is 329 g/mol. The highest BCUT2D eigenvalue weighted by atomic mass is 32.1. The molecule has 1 amide bonds. The Morgan fingerprint density at radius 2 is 2.13 bits per heavy atom. The van der Waals surface area contributed by atoms with E-state index >= 15 is 0 Å². The minimum absolute atomic E-state index is 0.251. The average molecular weight is 329 g/mol. The van der Waals surface area contributed by atoms with Crippen LogP contribution in [0.25, 0.3) is 11.0 Å². The summed E-state index contributed by atoms with van der Waals surface area (Å²) in [7, 11) is 3.00. The molecule has 0 bridgehead atoms. The van der Waals surface area contributed by atoms with E-state index in [9.17, 15) is 4.79 Å². The zero-order chi connectivity index (χ0) is 16.4. The van der Waals surface area contributed by atoms with E-state index in [4.69, 9.17) is 17.1 Å². The quantitative estimate of drug-likeness (QED) is 0.586. The second kappa shape index (κ2) is 6.27. The first kappa shape index (κ1) is 15.3. The summed E-state index contributed by atoms with van der Waals surface area (Å²) in [5.41, 5.74) is 1.38. The maximum Gasteiger partial charge on any atom is 0.273 e. The lowest BCUT2D eigenvalue weighted by molar-refractivity contribution is -0.171. The van der Waals surface area contributed by atoms with Crippen molar-refractivity contribution in [2.24, 2.45) is 0 Å². The zero-order valence-electron chi connectivity index (χ0n) is 12.6. The molecule has 7 nitrogen and oxygen atoms in total. The summed E-state index contributed by atoms with van der Waals surface area (Å²) in [6.07, 6.45) is 3.15. The number of hydroxylamine groups is 2. The van der Waals surface area contributed by atoms with E-state index < -0.39 is 6.04 Å². The van der Waals surface area contributed by atoms with E-state index in [1.165, 1.54) is 12.2 Å². The van der Waals surface area contributed by atoms with Crippen LogP contribution in [0.15, 0.2) is 42.9 Å². The summed E-state index contributed by atoms with van der Waals surface area (Å²) < 4.78 is 2.14. The van der Waals surface area contributed by atoms with E-state index in [-0.39, 0.29) is 5.91 Å². The second-order valence-corrected chi connectivity index (χ2v) is 5.31. The summed E-state index contributed by atoms with van der Waals surface area (Å²) in [4.78, 5) is 22.1. The SMILES string of the molecule is CON(C)C(=O)C(c1ccccc1)n1cnc2[nH]ncc2c1=S. The molecule has 0 saturated heterocycles. The number of likely N-dealkylation sites (N-methyl/N-ethyl adjacent to an activating group) is 1. The predicted molar refractivity (Wildman–Crippen MR) is 87.1 cm³/mol. The van der Waals surface area contributed by atoms with Gasteiger partial charge in [-0.3, -0.25) is 14.7 Å². The van der Waals surface area contributed by atoms with Crippen molar-refractivity contribution in [1.82, 2.24) is 24.8 Å². The van der Waals surface area contributed by atoms with Crippen LogP contribution in [0.5, 0.6) is 0 Å². The molecule has 3 rings (SSSR count). The van der Waals surface area contributed by atoms with Gasteiger partial charge >= 0.3 is 0 Å². The van der Waals surface area contributed by atoms with Crippen LogP contribution in [-0.4, -0.2) is 44.9 Å². The molecule has 8 heteroatoms. The summed E-state index contributed by atoms with van der Waals surface area (Å²) in [5, 5.41) is 8.58. The molecule has 0 spiro atoms. The molecule has 0 fully saturated rings. The average Bonchev–Trinajstić information content (AvgIpc) is 3.07. The molecule has 0 aliphatic heterocycles. The van der Waals surface area contributed by atoms with Gasteiger partial charge in [0, 0.05) is 7.05 Å². The number of H-pyrrole nitrogens is 1. The maximum atomic E-state index is 12.8. The molecule has 23 heavy (non-hydrogen) atoms. The van der Waals surface area contributed by atoms with Gasteiger partial charge in [-0.1, -0.05) is 42.5 Å². The number of fused-ring (bicyclic) bond motifs is 1. The van der Waals surface area contributed by atoms with Crippen LogP contribution < -0.4 is 0 Å². The molecule has 3 aromatic rings. The number of rotatable bonds is 4. The molecule has 0 aliphatic carbocycles. The molecule has 118 valence electrons. The lowest BCUT2D eigenvalue weighted by atomic mass is 10.1. The minimum atomic E-state index is -0.666. The first-order chi connectivity index (χ1) is 11.1. The number of carbonyl (C=O) groups excluding carboxylic acids is 1. The Bertz CT molecular complexity index is 890. The fourth-order valence-electron chi connectivity index (χ4n) is 2.35. The molecule has 1 unspecified atom stereocenters. The lowest BCUT2D eigenvalue weighted by Gasteiger charge is -2.24. The summed E-state index contributed by atoms with van der Waals surface area (Å²) >= 11 is 5.52. The van der Waals surface area contributed by atoms with Crippen molar-refractivity contribution in [3.05, 3.63) is 53.1 Å². The standard InChI is InChI=1S/C15H15N5O2S/c1-19(22-2)14(21)12(10-6-4-3-5-7-10)20-9-16-13-11(15(20)23)8-17-18-13/h3-9,12H,1-2H3,(H,17,18). The van der Waals surface area contributed by atoms with Crippen LogP contribution in [-0.2, 0) is 9.63 Å². The van der Waals surface area contributed by atoms with Crippen LogP contribution in [0.1, 0.15) is 11.6 Å². The summed E-state index contributed by atoms with van der Waals surface area (Å²) in [6, 6.07) is 8.70. The molecular weight excluding hydrogens is 314 g/mol. The van der Waals surface area contributed by atoms with Gasteiger partial charge in [0.2, 0.25) is 0 Å².